The Labute approximate surface area is 279 Å². The van der Waals surface area contributed by atoms with Crippen LogP contribution in [0.4, 0.5) is 18.9 Å². The van der Waals surface area contributed by atoms with E-state index >= 15 is 14.4 Å². The summed E-state index contributed by atoms with van der Waals surface area (Å²) in [5.74, 6) is -4.44. The van der Waals surface area contributed by atoms with Crippen molar-refractivity contribution >= 4 is 46.0 Å². The number of hydrogen-bond acceptors (Lipinski definition) is 3. The van der Waals surface area contributed by atoms with Crippen LogP contribution in [0.15, 0.2) is 140 Å². The van der Waals surface area contributed by atoms with E-state index in [9.17, 15) is 13.2 Å². The zero-order valence-corrected chi connectivity index (χ0v) is 25.9. The van der Waals surface area contributed by atoms with Gasteiger partial charge >= 0.3 is 6.18 Å². The van der Waals surface area contributed by atoms with Gasteiger partial charge in [-0.05, 0) is 51.6 Å². The van der Waals surface area contributed by atoms with Gasteiger partial charge in [0.1, 0.15) is 0 Å². The van der Waals surface area contributed by atoms with Crippen LogP contribution in [-0.2, 0) is 31.4 Å². The van der Waals surface area contributed by atoms with Crippen molar-refractivity contribution in [1.29, 1.82) is 0 Å². The van der Waals surface area contributed by atoms with Crippen molar-refractivity contribution in [2.24, 2.45) is 11.8 Å². The van der Waals surface area contributed by atoms with Gasteiger partial charge in [-0.3, -0.25) is 14.4 Å². The molecule has 3 aliphatic rings. The number of ketones is 1. The van der Waals surface area contributed by atoms with Crippen molar-refractivity contribution in [3.05, 3.63) is 172 Å². The lowest BCUT2D eigenvalue weighted by Crippen LogP contribution is -2.45. The Morgan fingerprint density at radius 1 is 0.562 bits per heavy atom. The fourth-order valence-corrected chi connectivity index (χ4v) is 8.63. The van der Waals surface area contributed by atoms with E-state index in [1.165, 1.54) is 0 Å². The summed E-state index contributed by atoms with van der Waals surface area (Å²) >= 11 is 6.49. The number of hydrogen-bond donors (Lipinski definition) is 0. The van der Waals surface area contributed by atoms with Gasteiger partial charge in [-0.15, -0.1) is 0 Å². The molecule has 0 radical (unpaired) electrons. The van der Waals surface area contributed by atoms with E-state index in [1.807, 2.05) is 60.7 Å². The molecular weight excluding hydrogens is 635 g/mol. The number of halogens is 4. The zero-order chi connectivity index (χ0) is 33.4. The molecule has 2 amide bonds. The van der Waals surface area contributed by atoms with Crippen molar-refractivity contribution in [2.45, 2.75) is 17.0 Å². The van der Waals surface area contributed by atoms with Crippen LogP contribution in [0.1, 0.15) is 27.8 Å². The quantitative estimate of drug-likeness (QED) is 0.178. The summed E-state index contributed by atoms with van der Waals surface area (Å²) in [6.07, 6.45) is -4.75. The molecule has 0 spiro atoms. The molecule has 2 fully saturated rings. The molecule has 0 N–H and O–H groups in total. The number of rotatable bonds is 5. The standard InChI is InChI=1S/C40H25ClF3NO3/c41-29-22-21-28(40(42,43)44)23-30(29)45-35(46)33-34(36(45)47)39(27-19-11-4-12-20-27)32(25-15-7-2-8-16-25)31(24-13-5-1-6-14-24)38(33,37(39)48)26-17-9-3-10-18-26/h1-23,33-34H/t33-,34+,38-,39-/m0/s1. The first-order valence-electron chi connectivity index (χ1n) is 15.4. The molecule has 0 aromatic heterocycles. The van der Waals surface area contributed by atoms with Crippen molar-refractivity contribution in [1.82, 2.24) is 0 Å². The van der Waals surface area contributed by atoms with Crippen LogP contribution in [0, 0.1) is 11.8 Å². The first kappa shape index (κ1) is 30.1. The van der Waals surface area contributed by atoms with Gasteiger partial charge < -0.3 is 0 Å². The number of carbonyl (C=O) groups excluding carboxylic acids is 3. The third-order valence-corrected chi connectivity index (χ3v) is 10.4. The van der Waals surface area contributed by atoms with Gasteiger partial charge in [-0.25, -0.2) is 4.90 Å². The van der Waals surface area contributed by atoms with Crippen LogP contribution >= 0.6 is 11.6 Å². The average Bonchev–Trinajstić information content (AvgIpc) is 3.61. The van der Waals surface area contributed by atoms with Crippen LogP contribution in [0.2, 0.25) is 5.02 Å². The average molecular weight is 660 g/mol. The molecule has 48 heavy (non-hydrogen) atoms. The maximum Gasteiger partial charge on any atom is 0.416 e. The Morgan fingerprint density at radius 2 is 0.958 bits per heavy atom. The van der Waals surface area contributed by atoms with Gasteiger partial charge in [0.2, 0.25) is 11.8 Å². The molecule has 236 valence electrons. The van der Waals surface area contributed by atoms with E-state index in [0.29, 0.717) is 33.4 Å². The summed E-state index contributed by atoms with van der Waals surface area (Å²) in [6, 6.07) is 39.1. The van der Waals surface area contributed by atoms with Crippen LogP contribution in [0.25, 0.3) is 11.1 Å². The van der Waals surface area contributed by atoms with E-state index in [1.54, 1.807) is 60.7 Å². The summed E-state index contributed by atoms with van der Waals surface area (Å²) in [6.45, 7) is 0. The fourth-order valence-electron chi connectivity index (χ4n) is 8.43. The number of imide groups is 1. The monoisotopic (exact) mass is 659 g/mol. The maximum absolute atomic E-state index is 15.8. The van der Waals surface area contributed by atoms with Gasteiger partial charge in [0.05, 0.1) is 38.9 Å². The predicted molar refractivity (Wildman–Crippen MR) is 177 cm³/mol. The van der Waals surface area contributed by atoms with E-state index in [0.717, 1.165) is 23.1 Å². The molecule has 5 aromatic rings. The third kappa shape index (κ3) is 3.82. The summed E-state index contributed by atoms with van der Waals surface area (Å²) in [5, 5.41) is -0.189. The fraction of sp³-hybridized carbons (Fsp3) is 0.125. The van der Waals surface area contributed by atoms with E-state index in [-0.39, 0.29) is 16.5 Å². The van der Waals surface area contributed by atoms with Gasteiger partial charge in [0, 0.05) is 0 Å². The molecule has 1 aliphatic heterocycles. The van der Waals surface area contributed by atoms with E-state index in [2.05, 4.69) is 0 Å². The lowest BCUT2D eigenvalue weighted by atomic mass is 9.59. The summed E-state index contributed by atoms with van der Waals surface area (Å²) in [5.41, 5.74) is -1.16. The van der Waals surface area contributed by atoms with Gasteiger partial charge in [-0.1, -0.05) is 133 Å². The molecule has 1 saturated heterocycles. The topological polar surface area (TPSA) is 54.5 Å². The molecule has 5 aromatic carbocycles. The van der Waals surface area contributed by atoms with E-state index < -0.39 is 46.2 Å². The third-order valence-electron chi connectivity index (χ3n) is 10.1. The number of allylic oxidation sites excluding steroid dienone is 2. The van der Waals surface area contributed by atoms with Crippen molar-refractivity contribution in [3.63, 3.8) is 0 Å². The molecule has 1 saturated carbocycles. The number of fused-ring (bicyclic) bond motifs is 5. The highest BCUT2D eigenvalue weighted by Crippen LogP contribution is 2.74. The zero-order valence-electron chi connectivity index (χ0n) is 25.1. The number of carbonyl (C=O) groups is 3. The summed E-state index contributed by atoms with van der Waals surface area (Å²) < 4.78 is 41.9. The minimum Gasteiger partial charge on any atom is -0.297 e. The largest absolute Gasteiger partial charge is 0.416 e. The number of anilines is 1. The van der Waals surface area contributed by atoms with Crippen molar-refractivity contribution < 1.29 is 27.6 Å². The van der Waals surface area contributed by atoms with Gasteiger partial charge in [-0.2, -0.15) is 13.2 Å². The molecule has 8 rings (SSSR count). The highest BCUT2D eigenvalue weighted by atomic mass is 35.5. The molecule has 1 heterocycles. The second kappa shape index (κ2) is 10.6. The van der Waals surface area contributed by atoms with Crippen molar-refractivity contribution in [3.8, 4) is 0 Å². The number of nitrogens with zero attached hydrogens (tertiary/aromatic N) is 1. The Balaban J connectivity index is 1.53. The lowest BCUT2D eigenvalue weighted by Gasteiger charge is -2.39. The molecule has 8 heteroatoms. The Morgan fingerprint density at radius 3 is 1.35 bits per heavy atom. The highest BCUT2D eigenvalue weighted by Gasteiger charge is 2.82. The molecule has 2 bridgehead atoms. The smallest absolute Gasteiger partial charge is 0.297 e. The molecule has 2 aliphatic carbocycles. The molecule has 4 atom stereocenters. The summed E-state index contributed by atoms with van der Waals surface area (Å²) in [7, 11) is 0. The summed E-state index contributed by atoms with van der Waals surface area (Å²) in [4.78, 5) is 46.6. The van der Waals surface area contributed by atoms with Crippen molar-refractivity contribution in [2.75, 3.05) is 4.90 Å². The Hall–Kier alpha value is -5.27. The SMILES string of the molecule is O=C1[C@@H]2[C@H](C(=O)N1c1cc(C(F)(F)F)ccc1Cl)[C@@]1(c3ccccc3)C(=O)[C@@]2(c2ccccc2)C(c2ccccc2)=C1c1ccccc1. The molecular formula is C40H25ClF3NO3. The second-order valence-corrected chi connectivity index (χ2v) is 12.7. The second-order valence-electron chi connectivity index (χ2n) is 12.3. The van der Waals surface area contributed by atoms with E-state index in [4.69, 9.17) is 11.6 Å². The van der Waals surface area contributed by atoms with Crippen LogP contribution < -0.4 is 4.90 Å². The number of alkyl halides is 3. The Bertz CT molecular complexity index is 2030. The minimum absolute atomic E-state index is 0.189. The normalized spacial score (nSPS) is 24.8. The number of amides is 2. The number of Topliss-reactive ketones (excluding diaryl/α,β-unsaturated/α-hetero) is 1. The first-order valence-corrected chi connectivity index (χ1v) is 15.8. The lowest BCUT2D eigenvalue weighted by molar-refractivity contribution is -0.137. The molecule has 0 unspecified atom stereocenters. The Kier molecular flexibility index (Phi) is 6.66. The van der Waals surface area contributed by atoms with Crippen LogP contribution in [-0.4, -0.2) is 17.6 Å². The number of benzene rings is 5. The highest BCUT2D eigenvalue weighted by molar-refractivity contribution is 6.41. The maximum atomic E-state index is 15.8. The van der Waals surface area contributed by atoms with Crippen LogP contribution in [0.3, 0.4) is 0 Å². The molecule has 4 nitrogen and oxygen atoms in total. The first-order chi connectivity index (χ1) is 23.1. The van der Waals surface area contributed by atoms with Gasteiger partial charge in [0.25, 0.3) is 0 Å². The predicted octanol–water partition coefficient (Wildman–Crippen LogP) is 8.55. The van der Waals surface area contributed by atoms with Gasteiger partial charge in [0.15, 0.2) is 5.78 Å². The minimum atomic E-state index is -4.75. The van der Waals surface area contributed by atoms with Crippen LogP contribution in [0.5, 0.6) is 0 Å².